The number of aliphatic hydroxyl groups excluding tert-OH is 1. The Labute approximate surface area is 102 Å². The smallest absolute Gasteiger partial charge is 0.227 e. The highest BCUT2D eigenvalue weighted by Crippen LogP contribution is 2.27. The van der Waals surface area contributed by atoms with Gasteiger partial charge in [-0.1, -0.05) is 38.8 Å². The highest BCUT2D eigenvalue weighted by molar-refractivity contribution is 5.00. The summed E-state index contributed by atoms with van der Waals surface area (Å²) in [6.45, 7) is 6.20. The molecule has 0 spiro atoms. The molecule has 0 radical (unpaired) electrons. The maximum absolute atomic E-state index is 9.91. The van der Waals surface area contributed by atoms with Gasteiger partial charge >= 0.3 is 0 Å². The molecule has 1 N–H and O–H groups in total. The van der Waals surface area contributed by atoms with Crippen LogP contribution < -0.4 is 0 Å². The van der Waals surface area contributed by atoms with Crippen LogP contribution in [0.3, 0.4) is 0 Å². The number of hydrogen-bond donors (Lipinski definition) is 1. The Hall–Kier alpha value is -0.900. The van der Waals surface area contributed by atoms with Crippen molar-refractivity contribution in [2.75, 3.05) is 0 Å². The Morgan fingerprint density at radius 1 is 1.29 bits per heavy atom. The van der Waals surface area contributed by atoms with Crippen LogP contribution in [0.15, 0.2) is 4.52 Å². The molecule has 2 atom stereocenters. The fraction of sp³-hybridized carbons (Fsp3) is 0.846. The number of rotatable bonds is 2. The third-order valence-corrected chi connectivity index (χ3v) is 3.44. The molecule has 1 aromatic heterocycles. The van der Waals surface area contributed by atoms with Crippen LogP contribution >= 0.6 is 0 Å². The molecule has 17 heavy (non-hydrogen) atoms. The van der Waals surface area contributed by atoms with Crippen molar-refractivity contribution in [1.82, 2.24) is 10.1 Å². The minimum atomic E-state index is -0.200. The van der Waals surface area contributed by atoms with E-state index in [1.54, 1.807) is 0 Å². The lowest BCUT2D eigenvalue weighted by molar-refractivity contribution is 0.0657. The van der Waals surface area contributed by atoms with Gasteiger partial charge in [0.1, 0.15) is 0 Å². The predicted molar refractivity (Wildman–Crippen MR) is 64.7 cm³/mol. The van der Waals surface area contributed by atoms with Crippen LogP contribution in [0.1, 0.15) is 58.2 Å². The summed E-state index contributed by atoms with van der Waals surface area (Å²) in [6, 6.07) is 0. The Bertz CT molecular complexity index is 368. The van der Waals surface area contributed by atoms with Crippen LogP contribution in [0, 0.1) is 5.92 Å². The third-order valence-electron chi connectivity index (χ3n) is 3.44. The fourth-order valence-corrected chi connectivity index (χ4v) is 2.29. The maximum Gasteiger partial charge on any atom is 0.227 e. The van der Waals surface area contributed by atoms with E-state index < -0.39 is 0 Å². The van der Waals surface area contributed by atoms with Gasteiger partial charge in [-0.3, -0.25) is 0 Å². The minimum absolute atomic E-state index is 0.0765. The third kappa shape index (κ3) is 3.06. The monoisotopic (exact) mass is 238 g/mol. The van der Waals surface area contributed by atoms with Crippen molar-refractivity contribution in [2.24, 2.45) is 5.92 Å². The quantitative estimate of drug-likeness (QED) is 0.859. The van der Waals surface area contributed by atoms with Gasteiger partial charge in [0.15, 0.2) is 5.82 Å². The highest BCUT2D eigenvalue weighted by Gasteiger charge is 2.27. The van der Waals surface area contributed by atoms with E-state index in [9.17, 15) is 5.11 Å². The molecule has 96 valence electrons. The molecule has 0 amide bonds. The lowest BCUT2D eigenvalue weighted by Crippen LogP contribution is -2.26. The SMILES string of the molecule is CC(C)(C)c1noc(CC2CCCCC2O)n1. The molecule has 1 aliphatic rings. The Kier molecular flexibility index (Phi) is 3.52. The van der Waals surface area contributed by atoms with Crippen LogP contribution in [0.25, 0.3) is 0 Å². The van der Waals surface area contributed by atoms with E-state index in [2.05, 4.69) is 30.9 Å². The van der Waals surface area contributed by atoms with Gasteiger partial charge in [-0.2, -0.15) is 4.98 Å². The molecule has 0 aliphatic heterocycles. The molecule has 0 bridgehead atoms. The average Bonchev–Trinajstić information content (AvgIpc) is 2.69. The molecule has 2 unspecified atom stereocenters. The largest absolute Gasteiger partial charge is 0.393 e. The van der Waals surface area contributed by atoms with Gasteiger partial charge in [0.25, 0.3) is 0 Å². The van der Waals surface area contributed by atoms with Crippen LogP contribution in [-0.2, 0) is 11.8 Å². The van der Waals surface area contributed by atoms with Gasteiger partial charge in [-0.15, -0.1) is 0 Å². The first kappa shape index (κ1) is 12.6. The molecule has 4 nitrogen and oxygen atoms in total. The van der Waals surface area contributed by atoms with E-state index in [-0.39, 0.29) is 17.4 Å². The second kappa shape index (κ2) is 4.77. The van der Waals surface area contributed by atoms with Crippen molar-refractivity contribution in [3.63, 3.8) is 0 Å². The van der Waals surface area contributed by atoms with Crippen LogP contribution in [-0.4, -0.2) is 21.4 Å². The number of aliphatic hydroxyl groups is 1. The van der Waals surface area contributed by atoms with E-state index in [1.807, 2.05) is 0 Å². The van der Waals surface area contributed by atoms with Crippen molar-refractivity contribution in [3.05, 3.63) is 11.7 Å². The zero-order valence-corrected chi connectivity index (χ0v) is 10.9. The summed E-state index contributed by atoms with van der Waals surface area (Å²) in [4.78, 5) is 4.42. The molecule has 1 saturated carbocycles. The Morgan fingerprint density at radius 3 is 2.59 bits per heavy atom. The minimum Gasteiger partial charge on any atom is -0.393 e. The zero-order chi connectivity index (χ0) is 12.5. The van der Waals surface area contributed by atoms with E-state index >= 15 is 0 Å². The van der Waals surface area contributed by atoms with E-state index in [4.69, 9.17) is 4.52 Å². The molecule has 0 saturated heterocycles. The van der Waals surface area contributed by atoms with Gasteiger partial charge in [0.2, 0.25) is 5.89 Å². The number of hydrogen-bond acceptors (Lipinski definition) is 4. The summed E-state index contributed by atoms with van der Waals surface area (Å²) in [5, 5.41) is 13.9. The molecule has 0 aromatic carbocycles. The summed E-state index contributed by atoms with van der Waals surface area (Å²) in [5.74, 6) is 1.70. The topological polar surface area (TPSA) is 59.2 Å². The summed E-state index contributed by atoms with van der Waals surface area (Å²) < 4.78 is 5.27. The van der Waals surface area contributed by atoms with Crippen molar-refractivity contribution in [3.8, 4) is 0 Å². The summed E-state index contributed by atoms with van der Waals surface area (Å²) >= 11 is 0. The standard InChI is InChI=1S/C13H22N2O2/c1-13(2,3)12-14-11(17-15-12)8-9-6-4-5-7-10(9)16/h9-10,16H,4-8H2,1-3H3. The lowest BCUT2D eigenvalue weighted by Gasteiger charge is -2.26. The van der Waals surface area contributed by atoms with E-state index in [1.165, 1.54) is 6.42 Å². The summed E-state index contributed by atoms with van der Waals surface area (Å²) in [5.41, 5.74) is -0.0765. The summed E-state index contributed by atoms with van der Waals surface area (Å²) in [6.07, 6.45) is 4.81. The molecular weight excluding hydrogens is 216 g/mol. The number of nitrogens with zero attached hydrogens (tertiary/aromatic N) is 2. The highest BCUT2D eigenvalue weighted by atomic mass is 16.5. The first-order valence-electron chi connectivity index (χ1n) is 6.48. The van der Waals surface area contributed by atoms with Crippen LogP contribution in [0.4, 0.5) is 0 Å². The Balaban J connectivity index is 2.01. The first-order chi connectivity index (χ1) is 7.97. The molecule has 4 heteroatoms. The zero-order valence-electron chi connectivity index (χ0n) is 10.9. The van der Waals surface area contributed by atoms with Crippen molar-refractivity contribution < 1.29 is 9.63 Å². The molecular formula is C13H22N2O2. The van der Waals surface area contributed by atoms with Gasteiger partial charge in [-0.25, -0.2) is 0 Å². The second-order valence-electron chi connectivity index (χ2n) is 6.08. The van der Waals surface area contributed by atoms with Crippen molar-refractivity contribution >= 4 is 0 Å². The van der Waals surface area contributed by atoms with Gasteiger partial charge in [0.05, 0.1) is 6.10 Å². The van der Waals surface area contributed by atoms with Crippen LogP contribution in [0.2, 0.25) is 0 Å². The molecule has 2 rings (SSSR count). The summed E-state index contributed by atoms with van der Waals surface area (Å²) in [7, 11) is 0. The maximum atomic E-state index is 9.91. The Morgan fingerprint density at radius 2 is 2.00 bits per heavy atom. The predicted octanol–water partition coefficient (Wildman–Crippen LogP) is 2.46. The van der Waals surface area contributed by atoms with Gasteiger partial charge in [0, 0.05) is 11.8 Å². The molecule has 1 aliphatic carbocycles. The van der Waals surface area contributed by atoms with E-state index in [0.29, 0.717) is 12.3 Å². The van der Waals surface area contributed by atoms with Crippen molar-refractivity contribution in [1.29, 1.82) is 0 Å². The molecule has 1 aromatic rings. The van der Waals surface area contributed by atoms with Gasteiger partial charge in [-0.05, 0) is 18.8 Å². The normalized spacial score (nSPS) is 26.1. The van der Waals surface area contributed by atoms with Gasteiger partial charge < -0.3 is 9.63 Å². The van der Waals surface area contributed by atoms with Crippen LogP contribution in [0.5, 0.6) is 0 Å². The lowest BCUT2D eigenvalue weighted by atomic mass is 9.84. The van der Waals surface area contributed by atoms with Crippen molar-refractivity contribution in [2.45, 2.75) is 64.4 Å². The molecule has 1 heterocycles. The molecule has 1 fully saturated rings. The van der Waals surface area contributed by atoms with E-state index in [0.717, 1.165) is 25.1 Å². The first-order valence-corrected chi connectivity index (χ1v) is 6.48. The number of aromatic nitrogens is 2. The fourth-order valence-electron chi connectivity index (χ4n) is 2.29. The second-order valence-corrected chi connectivity index (χ2v) is 6.08. The average molecular weight is 238 g/mol.